The average Bonchev–Trinajstić information content (AvgIpc) is 2.40. The molecule has 1 saturated carbocycles. The first-order valence-corrected chi connectivity index (χ1v) is 8.69. The zero-order valence-corrected chi connectivity index (χ0v) is 13.7. The molecule has 2 rings (SSSR count). The van der Waals surface area contributed by atoms with Gasteiger partial charge in [-0.1, -0.05) is 45.4 Å². The molecule has 20 heavy (non-hydrogen) atoms. The van der Waals surface area contributed by atoms with Crippen molar-refractivity contribution in [1.82, 2.24) is 15.3 Å². The van der Waals surface area contributed by atoms with Crippen molar-refractivity contribution < 1.29 is 0 Å². The number of hydrogen-bond acceptors (Lipinski definition) is 4. The molecule has 1 fully saturated rings. The first kappa shape index (κ1) is 15.8. The molecule has 1 aliphatic rings. The summed E-state index contributed by atoms with van der Waals surface area (Å²) in [6.45, 7) is 8.69. The largest absolute Gasteiger partial charge is 0.312 e. The van der Waals surface area contributed by atoms with E-state index in [1.165, 1.54) is 31.2 Å². The molecular weight excluding hydrogens is 266 g/mol. The Hall–Kier alpha value is -0.610. The minimum absolute atomic E-state index is 0.680. The summed E-state index contributed by atoms with van der Waals surface area (Å²) < 4.78 is 0. The highest BCUT2D eigenvalue weighted by molar-refractivity contribution is 7.99. The number of nitrogens with one attached hydrogen (secondary N) is 1. The van der Waals surface area contributed by atoms with Gasteiger partial charge in [0.05, 0.1) is 0 Å². The van der Waals surface area contributed by atoms with Gasteiger partial charge < -0.3 is 5.32 Å². The molecule has 4 heteroatoms. The standard InChI is InChI=1S/C16H27N3S/c1-12(2)8-17-9-14-10-18-16(19-11-14)20-15-6-4-5-13(3)7-15/h10-13,15,17H,4-9H2,1-3H3. The summed E-state index contributed by atoms with van der Waals surface area (Å²) in [5.41, 5.74) is 1.17. The van der Waals surface area contributed by atoms with E-state index in [1.807, 2.05) is 24.2 Å². The normalized spacial score (nSPS) is 23.2. The van der Waals surface area contributed by atoms with Crippen LogP contribution in [0, 0.1) is 11.8 Å². The molecule has 0 radical (unpaired) electrons. The fourth-order valence-corrected chi connectivity index (χ4v) is 3.87. The van der Waals surface area contributed by atoms with Crippen LogP contribution >= 0.6 is 11.8 Å². The summed E-state index contributed by atoms with van der Waals surface area (Å²) in [4.78, 5) is 9.01. The van der Waals surface area contributed by atoms with E-state index in [0.29, 0.717) is 11.2 Å². The SMILES string of the molecule is CC(C)CNCc1cnc(SC2CCCC(C)C2)nc1. The maximum absolute atomic E-state index is 4.51. The summed E-state index contributed by atoms with van der Waals surface area (Å²) >= 11 is 1.86. The Labute approximate surface area is 127 Å². The van der Waals surface area contributed by atoms with Crippen molar-refractivity contribution in [1.29, 1.82) is 0 Å². The van der Waals surface area contributed by atoms with Crippen LogP contribution in [0.5, 0.6) is 0 Å². The van der Waals surface area contributed by atoms with Gasteiger partial charge in [-0.3, -0.25) is 0 Å². The third-order valence-corrected chi connectivity index (χ3v) is 4.91. The van der Waals surface area contributed by atoms with Gasteiger partial charge in [0.25, 0.3) is 0 Å². The van der Waals surface area contributed by atoms with Crippen molar-refractivity contribution >= 4 is 11.8 Å². The summed E-state index contributed by atoms with van der Waals surface area (Å²) in [6, 6.07) is 0. The molecule has 3 nitrogen and oxygen atoms in total. The fourth-order valence-electron chi connectivity index (χ4n) is 2.63. The Morgan fingerprint density at radius 2 is 2.05 bits per heavy atom. The van der Waals surface area contributed by atoms with Crippen LogP contribution in [0.1, 0.15) is 52.0 Å². The van der Waals surface area contributed by atoms with Crippen molar-refractivity contribution in [3.63, 3.8) is 0 Å². The number of aromatic nitrogens is 2. The van der Waals surface area contributed by atoms with Crippen molar-refractivity contribution in [3.05, 3.63) is 18.0 Å². The molecule has 112 valence electrons. The summed E-state index contributed by atoms with van der Waals surface area (Å²) in [7, 11) is 0. The van der Waals surface area contributed by atoms with Crippen molar-refractivity contribution in [2.75, 3.05) is 6.54 Å². The van der Waals surface area contributed by atoms with E-state index < -0.39 is 0 Å². The molecule has 2 unspecified atom stereocenters. The van der Waals surface area contributed by atoms with Gasteiger partial charge in [-0.15, -0.1) is 0 Å². The van der Waals surface area contributed by atoms with Crippen LogP contribution in [-0.4, -0.2) is 21.8 Å². The Kier molecular flexibility index (Phi) is 6.30. The van der Waals surface area contributed by atoms with Crippen LogP contribution in [0.15, 0.2) is 17.6 Å². The van der Waals surface area contributed by atoms with E-state index in [0.717, 1.165) is 24.2 Å². The molecule has 1 aromatic rings. The van der Waals surface area contributed by atoms with Crippen LogP contribution in [0.25, 0.3) is 0 Å². The van der Waals surface area contributed by atoms with E-state index in [2.05, 4.69) is 36.1 Å². The van der Waals surface area contributed by atoms with Crippen molar-refractivity contribution in [3.8, 4) is 0 Å². The van der Waals surface area contributed by atoms with Crippen molar-refractivity contribution in [2.24, 2.45) is 11.8 Å². The number of rotatable bonds is 6. The Morgan fingerprint density at radius 1 is 1.30 bits per heavy atom. The van der Waals surface area contributed by atoms with E-state index in [9.17, 15) is 0 Å². The average molecular weight is 293 g/mol. The molecular formula is C16H27N3S. The van der Waals surface area contributed by atoms with Gasteiger partial charge >= 0.3 is 0 Å². The Bertz CT molecular complexity index is 391. The van der Waals surface area contributed by atoms with Gasteiger partial charge in [0.1, 0.15) is 0 Å². The molecule has 1 aromatic heterocycles. The predicted molar refractivity (Wildman–Crippen MR) is 85.9 cm³/mol. The lowest BCUT2D eigenvalue weighted by Gasteiger charge is -2.25. The Balaban J connectivity index is 1.79. The third kappa shape index (κ3) is 5.41. The second-order valence-corrected chi connectivity index (χ2v) is 7.68. The van der Waals surface area contributed by atoms with Gasteiger partial charge in [0.15, 0.2) is 5.16 Å². The van der Waals surface area contributed by atoms with Crippen LogP contribution in [0.2, 0.25) is 0 Å². The minimum Gasteiger partial charge on any atom is -0.312 e. The van der Waals surface area contributed by atoms with Crippen LogP contribution < -0.4 is 5.32 Å². The molecule has 0 saturated heterocycles. The molecule has 1 N–H and O–H groups in total. The summed E-state index contributed by atoms with van der Waals surface area (Å²) in [5.74, 6) is 1.54. The predicted octanol–water partition coefficient (Wildman–Crippen LogP) is 3.89. The lowest BCUT2D eigenvalue weighted by Crippen LogP contribution is -2.19. The molecule has 0 aliphatic heterocycles. The quantitative estimate of drug-likeness (QED) is 0.807. The van der Waals surface area contributed by atoms with E-state index in [-0.39, 0.29) is 0 Å². The topological polar surface area (TPSA) is 37.8 Å². The van der Waals surface area contributed by atoms with E-state index in [1.54, 1.807) is 0 Å². The zero-order valence-electron chi connectivity index (χ0n) is 12.9. The zero-order chi connectivity index (χ0) is 14.4. The van der Waals surface area contributed by atoms with Gasteiger partial charge in [-0.2, -0.15) is 0 Å². The third-order valence-electron chi connectivity index (χ3n) is 3.72. The maximum Gasteiger partial charge on any atom is 0.187 e. The molecule has 0 spiro atoms. The molecule has 0 bridgehead atoms. The van der Waals surface area contributed by atoms with Gasteiger partial charge in [0.2, 0.25) is 0 Å². The highest BCUT2D eigenvalue weighted by atomic mass is 32.2. The van der Waals surface area contributed by atoms with Gasteiger partial charge in [-0.25, -0.2) is 9.97 Å². The smallest absolute Gasteiger partial charge is 0.187 e. The molecule has 0 aromatic carbocycles. The first-order chi connectivity index (χ1) is 9.63. The highest BCUT2D eigenvalue weighted by Gasteiger charge is 2.20. The number of nitrogens with zero attached hydrogens (tertiary/aromatic N) is 2. The Morgan fingerprint density at radius 3 is 2.70 bits per heavy atom. The monoisotopic (exact) mass is 293 g/mol. The lowest BCUT2D eigenvalue weighted by atomic mass is 9.91. The molecule has 1 aliphatic carbocycles. The van der Waals surface area contributed by atoms with Crippen LogP contribution in [0.3, 0.4) is 0 Å². The van der Waals surface area contributed by atoms with Crippen LogP contribution in [0.4, 0.5) is 0 Å². The fraction of sp³-hybridized carbons (Fsp3) is 0.750. The van der Waals surface area contributed by atoms with E-state index in [4.69, 9.17) is 0 Å². The first-order valence-electron chi connectivity index (χ1n) is 7.81. The maximum atomic E-state index is 4.51. The second-order valence-electron chi connectivity index (χ2n) is 6.41. The van der Waals surface area contributed by atoms with Gasteiger partial charge in [-0.05, 0) is 31.2 Å². The molecule has 1 heterocycles. The summed E-state index contributed by atoms with van der Waals surface area (Å²) in [5, 5.41) is 5.07. The summed E-state index contributed by atoms with van der Waals surface area (Å²) in [6.07, 6.45) is 9.31. The van der Waals surface area contributed by atoms with Crippen molar-refractivity contribution in [2.45, 2.75) is 63.4 Å². The lowest BCUT2D eigenvalue weighted by molar-refractivity contribution is 0.394. The highest BCUT2D eigenvalue weighted by Crippen LogP contribution is 2.34. The van der Waals surface area contributed by atoms with Gasteiger partial charge in [0, 0.05) is 29.8 Å². The molecule has 0 amide bonds. The minimum atomic E-state index is 0.680. The number of hydrogen-bond donors (Lipinski definition) is 1. The van der Waals surface area contributed by atoms with E-state index >= 15 is 0 Å². The van der Waals surface area contributed by atoms with Crippen LogP contribution in [-0.2, 0) is 6.54 Å². The molecule has 2 atom stereocenters. The second kappa shape index (κ2) is 7.99. The number of thioether (sulfide) groups is 1.